The fourth-order valence-electron chi connectivity index (χ4n) is 17.3. The first kappa shape index (κ1) is 138. The summed E-state index contributed by atoms with van der Waals surface area (Å²) in [6, 6.07) is -4.44. The van der Waals surface area contributed by atoms with E-state index in [2.05, 4.69) is 244 Å². The van der Waals surface area contributed by atoms with E-state index in [9.17, 15) is 65.6 Å². The number of allylic oxidation sites excluding steroid dienone is 36. The monoisotopic (exact) mass is 2140 g/mol. The minimum atomic E-state index is -6.14. The number of phosphoric ester groups is 2. The van der Waals surface area contributed by atoms with Crippen molar-refractivity contribution >= 4 is 57.3 Å². The van der Waals surface area contributed by atoms with Crippen LogP contribution in [-0.2, 0) is 93.9 Å². The molecule has 2 amide bonds. The van der Waals surface area contributed by atoms with Gasteiger partial charge in [0.1, 0.15) is 43.6 Å². The number of ether oxygens (including phenoxy) is 8. The van der Waals surface area contributed by atoms with Crippen molar-refractivity contribution in [2.75, 3.05) is 19.8 Å². The second-order valence-corrected chi connectivity index (χ2v) is 45.0. The van der Waals surface area contributed by atoms with E-state index in [1.165, 1.54) is 118 Å². The van der Waals surface area contributed by atoms with Crippen LogP contribution in [0.15, 0.2) is 210 Å². The molecule has 29 heteroatoms. The van der Waals surface area contributed by atoms with Crippen LogP contribution in [0.3, 0.4) is 0 Å². The fraction of sp³-hybridized carbons (Fsp3) is 0.645. The van der Waals surface area contributed by atoms with Gasteiger partial charge in [0, 0.05) is 41.5 Å². The van der Waals surface area contributed by atoms with Gasteiger partial charge in [-0.25, -0.2) is 9.13 Å². The first-order valence-corrected chi connectivity index (χ1v) is 57.5. The van der Waals surface area contributed by atoms with Crippen LogP contribution in [0.2, 0.25) is 0 Å². The van der Waals surface area contributed by atoms with Crippen molar-refractivity contribution < 1.29 is 117 Å². The van der Waals surface area contributed by atoms with E-state index in [1.54, 1.807) is 0 Å². The minimum absolute atomic E-state index is 0.126. The lowest BCUT2D eigenvalue weighted by molar-refractivity contribution is -0.328. The number of hydrogen-bond donors (Lipinski definition) is 4. The predicted molar refractivity (Wildman–Crippen MR) is 599 cm³/mol. The van der Waals surface area contributed by atoms with Gasteiger partial charge < -0.3 is 58.3 Å². The molecule has 2 fully saturated rings. The maximum Gasteiger partial charge on any atom is 0.483 e. The van der Waals surface area contributed by atoms with Crippen LogP contribution in [-0.4, -0.2) is 139 Å². The van der Waals surface area contributed by atoms with E-state index in [0.29, 0.717) is 12.8 Å². The van der Waals surface area contributed by atoms with Crippen LogP contribution in [0.25, 0.3) is 0 Å². The third-order valence-corrected chi connectivity index (χ3v) is 29.0. The Morgan fingerprint density at radius 3 is 0.787 bits per heavy atom. The van der Waals surface area contributed by atoms with Crippen LogP contribution in [0.4, 0.5) is 13.2 Å². The Hall–Kier alpha value is -8.46. The topological polar surface area (TPSA) is 320 Å². The van der Waals surface area contributed by atoms with Crippen molar-refractivity contribution in [1.82, 2.24) is 10.6 Å². The van der Waals surface area contributed by atoms with Gasteiger partial charge in [-0.1, -0.05) is 217 Å². The third kappa shape index (κ3) is 68.6. The average Bonchev–Trinajstić information content (AvgIpc) is 0.757. The zero-order valence-electron chi connectivity index (χ0n) is 96.1. The lowest BCUT2D eigenvalue weighted by Crippen LogP contribution is -2.71. The summed E-state index contributed by atoms with van der Waals surface area (Å²) in [6.45, 7) is 47.7. The molecule has 0 radical (unpaired) electrons. The lowest BCUT2D eigenvalue weighted by Gasteiger charge is -2.49. The van der Waals surface area contributed by atoms with Gasteiger partial charge in [0.05, 0.1) is 6.61 Å². The Morgan fingerprint density at radius 1 is 0.307 bits per heavy atom. The molecule has 0 spiro atoms. The molecule has 2 rings (SSSR count). The Bertz CT molecular complexity index is 4880. The molecule has 848 valence electrons. The Kier molecular flexibility index (Phi) is 70.6. The van der Waals surface area contributed by atoms with E-state index in [0.717, 1.165) is 247 Å². The molecule has 0 saturated carbocycles. The summed E-state index contributed by atoms with van der Waals surface area (Å²) in [4.78, 5) is 110. The molecule has 13 atom stereocenters. The number of esters is 5. The number of carbonyl (C=O) groups is 7. The number of halogens is 3. The Morgan fingerprint density at radius 2 is 0.540 bits per heavy atom. The van der Waals surface area contributed by atoms with E-state index >= 15 is 0 Å². The highest BCUT2D eigenvalue weighted by Crippen LogP contribution is 2.62. The van der Waals surface area contributed by atoms with Crippen molar-refractivity contribution in [3.8, 4) is 0 Å². The third-order valence-electron chi connectivity index (χ3n) is 26.4. The highest BCUT2D eigenvalue weighted by Gasteiger charge is 2.59. The molecule has 2 heterocycles. The van der Waals surface area contributed by atoms with E-state index < -0.39 is 145 Å². The second kappa shape index (κ2) is 77.0. The highest BCUT2D eigenvalue weighted by molar-refractivity contribution is 7.61. The van der Waals surface area contributed by atoms with Crippen LogP contribution < -0.4 is 10.6 Å². The molecule has 2 aliphatic rings. The van der Waals surface area contributed by atoms with Crippen molar-refractivity contribution in [2.24, 2.45) is 5.92 Å². The first-order valence-electron chi connectivity index (χ1n) is 54.5. The van der Waals surface area contributed by atoms with Crippen LogP contribution >= 0.6 is 15.6 Å². The molecular weight excluding hydrogens is 1950 g/mol. The van der Waals surface area contributed by atoms with Crippen molar-refractivity contribution in [2.45, 2.75) is 485 Å². The molecular formula is C121H191F3N2O22P2. The van der Waals surface area contributed by atoms with Gasteiger partial charge in [0.25, 0.3) is 0 Å². The predicted octanol–water partition coefficient (Wildman–Crippen LogP) is 31.7. The Labute approximate surface area is 900 Å². The zero-order valence-corrected chi connectivity index (χ0v) is 97.9. The van der Waals surface area contributed by atoms with Gasteiger partial charge in [-0.3, -0.25) is 42.6 Å². The number of hydrogen-bond acceptors (Lipinski definition) is 20. The maximum absolute atomic E-state index is 14.2. The van der Waals surface area contributed by atoms with Crippen molar-refractivity contribution in [3.63, 3.8) is 0 Å². The van der Waals surface area contributed by atoms with Gasteiger partial charge in [-0.15, -0.1) is 0 Å². The molecule has 0 aliphatic carbocycles. The summed E-state index contributed by atoms with van der Waals surface area (Å²) in [6.07, 6.45) is 59.2. The molecule has 0 aromatic heterocycles. The maximum atomic E-state index is 14.2. The molecule has 0 aromatic carbocycles. The number of alkyl halides is 3. The van der Waals surface area contributed by atoms with Crippen LogP contribution in [0.1, 0.15) is 418 Å². The van der Waals surface area contributed by atoms with E-state index in [-0.39, 0.29) is 12.3 Å². The highest BCUT2D eigenvalue weighted by atomic mass is 31.3. The molecule has 150 heavy (non-hydrogen) atoms. The average molecular weight is 2140 g/mol. The van der Waals surface area contributed by atoms with Gasteiger partial charge >= 0.3 is 57.6 Å². The quantitative estimate of drug-likeness (QED) is 0.0190. The van der Waals surface area contributed by atoms with E-state index in [4.69, 9.17) is 46.9 Å². The standard InChI is InChI=1S/C121H191F3N2O22P2/c1-85(2)45-27-46-86(3)47-28-48-87(4)49-29-50-88(5)51-30-52-89(6)53-31-54-90(7)55-32-56-91(8)57-33-58-92(9)59-34-60-93(10)61-35-62-94(11)63-36-64-95(12)65-37-66-96(13)67-38-68-97(14)69-39-70-98(15)71-40-72-99(16)73-41-74-100(17)75-42-76-101(18)77-43-78-102(19)79-44-80-103(20)81-82-140-149(134,135)148-150(136,137)147-119-113(126-120(133)121(122,123)124)117(143-109(26)132)115(111(145-119)84-139-106(23)129)146-118-112(125-104(21)127)116(142-108(25)131)114(141-107(24)130)110(144-118)83-138-105(22)128/h45,47,49,51,53,55,57,59,61,63,65,67,69,71,73,75,77,79,103,110-119H,27-44,46,48,50,52,54,56,58,60,62,64,66,68,70,72,74,76,78,80-84H2,1-26H3,(H,125,127)(H,126,133)(H,134,135)(H,136,137)/b86-47+,87-49+,88-51-,89-53-,90-55-,91-57-,92-59-,93-61-,94-63-,95-65-,96-67-,97-69-,98-71-,99-73-,100-75-,101-77-,102-79-/t103-,110+,111+,112+,113+,114+,115+,116+,117+,118-,119+/m0/s1. The van der Waals surface area contributed by atoms with Gasteiger partial charge in [0.2, 0.25) is 5.91 Å². The normalized spacial score (nSPS) is 21.0. The largest absolute Gasteiger partial charge is 0.483 e. The summed E-state index contributed by atoms with van der Waals surface area (Å²) in [7, 11) is -11.8. The molecule has 0 aromatic rings. The van der Waals surface area contributed by atoms with Crippen molar-refractivity contribution in [3.05, 3.63) is 210 Å². The van der Waals surface area contributed by atoms with Gasteiger partial charge in [-0.2, -0.15) is 17.5 Å². The van der Waals surface area contributed by atoms with Gasteiger partial charge in [0.15, 0.2) is 30.9 Å². The van der Waals surface area contributed by atoms with Crippen LogP contribution in [0, 0.1) is 5.92 Å². The van der Waals surface area contributed by atoms with Crippen molar-refractivity contribution in [1.29, 1.82) is 0 Å². The smallest absolute Gasteiger partial charge is 0.463 e. The fourth-order valence-corrected chi connectivity index (χ4v) is 19.4. The summed E-state index contributed by atoms with van der Waals surface area (Å²) < 4.78 is 129. The minimum Gasteiger partial charge on any atom is -0.463 e. The van der Waals surface area contributed by atoms with Gasteiger partial charge in [-0.05, 0) is 375 Å². The number of phosphoric acid groups is 2. The van der Waals surface area contributed by atoms with Crippen LogP contribution in [0.5, 0.6) is 0 Å². The Balaban J connectivity index is 1.74. The zero-order chi connectivity index (χ0) is 112. The SMILES string of the molecule is CC(=O)N[C@H]1[C@H](O[C@H]2[C@H](OC(C)=O)[C@@H](NC(=O)C(F)(F)F)[C@@H](OP(=O)(O)OP(=O)(O)OCC[C@@H](C)CC/C=C(/C)CC/C=C(/C)CC/C=C(/C)CC/C=C(/C)CC/C=C(/C)CC/C=C(/C)CC/C=C(/C)CC/C=C(/C)CC/C=C(/C)CC/C=C(/C)CC/C=C(/C)CC/C=C(/C)CC/C=C(/C)CC/C=C(/C)CC/C=C(/C)CC/C=C(\C)CC/C=C(\C)CCC=C(C)C)O[C@@H]2COC(C)=O)O[C@H](COC(C)=O)[C@@H](OC(C)=O)[C@@H]1OC(C)=O. The summed E-state index contributed by atoms with van der Waals surface area (Å²) >= 11 is 0. The molecule has 2 aliphatic heterocycles. The number of rotatable bonds is 73. The molecule has 2 unspecified atom stereocenters. The lowest BCUT2D eigenvalue weighted by atomic mass is 9.94. The number of amides is 2. The van der Waals surface area contributed by atoms with E-state index in [1.807, 2.05) is 13.8 Å². The molecule has 0 bridgehead atoms. The molecule has 24 nitrogen and oxygen atoms in total. The second-order valence-electron chi connectivity index (χ2n) is 42.0. The first-order chi connectivity index (χ1) is 70.6. The number of carbonyl (C=O) groups excluding carboxylic acids is 7. The molecule has 2 saturated heterocycles. The molecule has 4 N–H and O–H groups in total. The summed E-state index contributed by atoms with van der Waals surface area (Å²) in [5.41, 5.74) is 26.1. The number of nitrogens with one attached hydrogen (secondary N) is 2. The summed E-state index contributed by atoms with van der Waals surface area (Å²) in [5.74, 6) is -9.16. The summed E-state index contributed by atoms with van der Waals surface area (Å²) in [5, 5.41) is 3.83.